The van der Waals surface area contributed by atoms with Gasteiger partial charge in [0.1, 0.15) is 5.58 Å². The van der Waals surface area contributed by atoms with Crippen LogP contribution in [0.4, 0.5) is 0 Å². The Morgan fingerprint density at radius 1 is 1.31 bits per heavy atom. The fourth-order valence-corrected chi connectivity index (χ4v) is 2.22. The van der Waals surface area contributed by atoms with Gasteiger partial charge in [-0.2, -0.15) is 0 Å². The first kappa shape index (κ1) is 11.5. The van der Waals surface area contributed by atoms with Crippen LogP contribution < -0.4 is 5.63 Å². The summed E-state index contributed by atoms with van der Waals surface area (Å²) >= 11 is 12.0. The lowest BCUT2D eigenvalue weighted by Crippen LogP contribution is -2.01. The van der Waals surface area contributed by atoms with Crippen LogP contribution in [0.5, 0.6) is 0 Å². The Morgan fingerprint density at radius 3 is 2.62 bits per heavy atom. The molecule has 0 saturated carbocycles. The van der Waals surface area contributed by atoms with Crippen LogP contribution in [0.25, 0.3) is 11.0 Å². The lowest BCUT2D eigenvalue weighted by molar-refractivity contribution is 0.559. The van der Waals surface area contributed by atoms with Gasteiger partial charge in [0, 0.05) is 22.4 Å². The van der Waals surface area contributed by atoms with Crippen molar-refractivity contribution in [3.63, 3.8) is 0 Å². The zero-order valence-electron chi connectivity index (χ0n) is 8.93. The van der Waals surface area contributed by atoms with Crippen LogP contribution in [-0.4, -0.2) is 0 Å². The number of benzene rings is 1. The Bertz CT molecular complexity index is 614. The maximum Gasteiger partial charge on any atom is 0.336 e. The van der Waals surface area contributed by atoms with Gasteiger partial charge in [0.2, 0.25) is 0 Å². The molecule has 2 aromatic rings. The second-order valence-corrected chi connectivity index (χ2v) is 4.38. The molecule has 0 saturated heterocycles. The average molecular weight is 257 g/mol. The van der Waals surface area contributed by atoms with Gasteiger partial charge in [0.05, 0.1) is 0 Å². The smallest absolute Gasteiger partial charge is 0.336 e. The molecule has 0 bridgehead atoms. The highest BCUT2D eigenvalue weighted by Crippen LogP contribution is 2.30. The Kier molecular flexibility index (Phi) is 2.96. The van der Waals surface area contributed by atoms with Crippen molar-refractivity contribution in [2.75, 3.05) is 0 Å². The van der Waals surface area contributed by atoms with Gasteiger partial charge in [-0.25, -0.2) is 4.79 Å². The Balaban J connectivity index is 3.01. The Labute approximate surface area is 103 Å². The lowest BCUT2D eigenvalue weighted by atomic mass is 10.0. The standard InChI is InChI=1S/C12H10Cl2O2/c1-6-3-9-11(7(2)12(6)14)8(5-13)4-10(15)16-9/h3-4H,5H2,1-2H3. The topological polar surface area (TPSA) is 30.2 Å². The Morgan fingerprint density at radius 2 is 2.00 bits per heavy atom. The van der Waals surface area contributed by atoms with Crippen molar-refractivity contribution in [1.82, 2.24) is 0 Å². The second-order valence-electron chi connectivity index (χ2n) is 3.73. The molecule has 0 unspecified atom stereocenters. The molecule has 2 nitrogen and oxygen atoms in total. The van der Waals surface area contributed by atoms with Crippen LogP contribution in [0, 0.1) is 13.8 Å². The molecular formula is C12H10Cl2O2. The molecule has 1 aromatic carbocycles. The molecule has 0 amide bonds. The first-order valence-electron chi connectivity index (χ1n) is 4.83. The zero-order valence-corrected chi connectivity index (χ0v) is 10.4. The van der Waals surface area contributed by atoms with Crippen LogP contribution >= 0.6 is 23.2 Å². The molecule has 0 N–H and O–H groups in total. The summed E-state index contributed by atoms with van der Waals surface area (Å²) in [4.78, 5) is 11.3. The molecule has 0 aliphatic heterocycles. The van der Waals surface area contributed by atoms with E-state index in [0.717, 1.165) is 22.1 Å². The minimum absolute atomic E-state index is 0.266. The number of hydrogen-bond acceptors (Lipinski definition) is 2. The van der Waals surface area contributed by atoms with Crippen LogP contribution in [-0.2, 0) is 5.88 Å². The van der Waals surface area contributed by atoms with E-state index in [1.165, 1.54) is 6.07 Å². The van der Waals surface area contributed by atoms with E-state index in [2.05, 4.69) is 0 Å². The van der Waals surface area contributed by atoms with Gasteiger partial charge in [-0.3, -0.25) is 0 Å². The molecule has 0 atom stereocenters. The summed E-state index contributed by atoms with van der Waals surface area (Å²) in [6.07, 6.45) is 0. The summed E-state index contributed by atoms with van der Waals surface area (Å²) in [5.74, 6) is 0.266. The third kappa shape index (κ3) is 1.72. The summed E-state index contributed by atoms with van der Waals surface area (Å²) in [7, 11) is 0. The van der Waals surface area contributed by atoms with Gasteiger partial charge in [-0.15, -0.1) is 11.6 Å². The lowest BCUT2D eigenvalue weighted by Gasteiger charge is -2.09. The van der Waals surface area contributed by atoms with Crippen molar-refractivity contribution in [3.05, 3.63) is 44.3 Å². The molecule has 2 rings (SSSR count). The fourth-order valence-electron chi connectivity index (χ4n) is 1.86. The molecule has 0 aliphatic rings. The number of alkyl halides is 1. The zero-order chi connectivity index (χ0) is 11.9. The minimum atomic E-state index is -0.385. The molecular weight excluding hydrogens is 247 g/mol. The molecule has 16 heavy (non-hydrogen) atoms. The van der Waals surface area contributed by atoms with Crippen molar-refractivity contribution < 1.29 is 4.42 Å². The van der Waals surface area contributed by atoms with Gasteiger partial charge in [-0.1, -0.05) is 11.6 Å². The highest BCUT2D eigenvalue weighted by Gasteiger charge is 2.12. The van der Waals surface area contributed by atoms with Gasteiger partial charge in [0.25, 0.3) is 0 Å². The van der Waals surface area contributed by atoms with Gasteiger partial charge >= 0.3 is 5.63 Å². The quantitative estimate of drug-likeness (QED) is 0.574. The number of fused-ring (bicyclic) bond motifs is 1. The van der Waals surface area contributed by atoms with Gasteiger partial charge in [0.15, 0.2) is 0 Å². The first-order valence-corrected chi connectivity index (χ1v) is 5.74. The number of rotatable bonds is 1. The normalized spacial score (nSPS) is 11.0. The van der Waals surface area contributed by atoms with E-state index in [4.69, 9.17) is 27.6 Å². The largest absolute Gasteiger partial charge is 0.423 e. The van der Waals surface area contributed by atoms with Crippen LogP contribution in [0.15, 0.2) is 21.3 Å². The van der Waals surface area contributed by atoms with Crippen LogP contribution in [0.3, 0.4) is 0 Å². The Hall–Kier alpha value is -0.990. The molecule has 0 aliphatic carbocycles. The predicted octanol–water partition coefficient (Wildman–Crippen LogP) is 3.80. The molecule has 4 heteroatoms. The number of aryl methyl sites for hydroxylation is 2. The molecule has 0 spiro atoms. The van der Waals surface area contributed by atoms with Crippen molar-refractivity contribution >= 4 is 34.2 Å². The maximum absolute atomic E-state index is 11.3. The van der Waals surface area contributed by atoms with Gasteiger partial charge in [-0.05, 0) is 36.6 Å². The van der Waals surface area contributed by atoms with E-state index in [1.54, 1.807) is 6.07 Å². The molecule has 1 heterocycles. The van der Waals surface area contributed by atoms with Crippen LogP contribution in [0.2, 0.25) is 5.02 Å². The fraction of sp³-hybridized carbons (Fsp3) is 0.250. The SMILES string of the molecule is Cc1cc2oc(=O)cc(CCl)c2c(C)c1Cl. The summed E-state index contributed by atoms with van der Waals surface area (Å²) in [5, 5.41) is 1.53. The van der Waals surface area contributed by atoms with E-state index in [1.807, 2.05) is 13.8 Å². The third-order valence-corrected chi connectivity index (χ3v) is 3.48. The van der Waals surface area contributed by atoms with Crippen molar-refractivity contribution in [3.8, 4) is 0 Å². The maximum atomic E-state index is 11.3. The van der Waals surface area contributed by atoms with Crippen LogP contribution in [0.1, 0.15) is 16.7 Å². The van der Waals surface area contributed by atoms with E-state index in [0.29, 0.717) is 10.6 Å². The second kappa shape index (κ2) is 4.11. The number of halogens is 2. The average Bonchev–Trinajstić information content (AvgIpc) is 2.24. The minimum Gasteiger partial charge on any atom is -0.423 e. The molecule has 0 radical (unpaired) electrons. The monoisotopic (exact) mass is 256 g/mol. The summed E-state index contributed by atoms with van der Waals surface area (Å²) in [5.41, 5.74) is 2.71. The van der Waals surface area contributed by atoms with E-state index in [-0.39, 0.29) is 11.5 Å². The van der Waals surface area contributed by atoms with Crippen molar-refractivity contribution in [2.45, 2.75) is 19.7 Å². The van der Waals surface area contributed by atoms with Gasteiger partial charge < -0.3 is 4.42 Å². The molecule has 0 fully saturated rings. The van der Waals surface area contributed by atoms with E-state index < -0.39 is 0 Å². The molecule has 84 valence electrons. The first-order chi connectivity index (χ1) is 7.54. The predicted molar refractivity (Wildman–Crippen MR) is 66.5 cm³/mol. The number of hydrogen-bond donors (Lipinski definition) is 0. The summed E-state index contributed by atoms with van der Waals surface area (Å²) in [6, 6.07) is 3.18. The summed E-state index contributed by atoms with van der Waals surface area (Å²) < 4.78 is 5.15. The highest BCUT2D eigenvalue weighted by atomic mass is 35.5. The van der Waals surface area contributed by atoms with E-state index in [9.17, 15) is 4.79 Å². The van der Waals surface area contributed by atoms with Crippen molar-refractivity contribution in [1.29, 1.82) is 0 Å². The van der Waals surface area contributed by atoms with E-state index >= 15 is 0 Å². The summed E-state index contributed by atoms with van der Waals surface area (Å²) in [6.45, 7) is 3.77. The third-order valence-electron chi connectivity index (χ3n) is 2.61. The highest BCUT2D eigenvalue weighted by molar-refractivity contribution is 6.33. The molecule has 1 aromatic heterocycles. The van der Waals surface area contributed by atoms with Crippen molar-refractivity contribution in [2.24, 2.45) is 0 Å².